The number of aliphatic hydroxyl groups is 1. The highest BCUT2D eigenvalue weighted by Crippen LogP contribution is 2.35. The molecule has 1 fully saturated rings. The van der Waals surface area contributed by atoms with Gasteiger partial charge in [0.1, 0.15) is 12.1 Å². The van der Waals surface area contributed by atoms with Crippen LogP contribution in [0.15, 0.2) is 30.3 Å². The predicted octanol–water partition coefficient (Wildman–Crippen LogP) is 0.586. The van der Waals surface area contributed by atoms with Gasteiger partial charge in [0.2, 0.25) is 5.91 Å². The molecule has 11 heteroatoms. The van der Waals surface area contributed by atoms with E-state index in [1.165, 1.54) is 21.0 Å². The number of benzene rings is 1. The molecule has 27 heavy (non-hydrogen) atoms. The zero-order chi connectivity index (χ0) is 20.4. The second kappa shape index (κ2) is 8.21. The lowest BCUT2D eigenvalue weighted by Crippen LogP contribution is -2.69. The number of aliphatic hydroxyl groups excluding tert-OH is 1. The molecule has 2 N–H and O–H groups in total. The average molecular weight is 402 g/mol. The number of carbonyl (C=O) groups excluding carboxylic acids is 2. The van der Waals surface area contributed by atoms with Crippen molar-refractivity contribution in [3.8, 4) is 0 Å². The number of nitrogens with zero attached hydrogens (tertiary/aromatic N) is 2. The normalized spacial score (nSPS) is 22.0. The molecule has 2 amide bonds. The summed E-state index contributed by atoms with van der Waals surface area (Å²) in [5.74, 6) is -2.09. The molecule has 0 bridgehead atoms. The molecule has 0 radical (unpaired) electrons. The highest BCUT2D eigenvalue weighted by atomic mass is 32.2. The number of hydroxylamine groups is 2. The largest absolute Gasteiger partial charge is 0.443 e. The van der Waals surface area contributed by atoms with Gasteiger partial charge in [-0.1, -0.05) is 30.3 Å². The van der Waals surface area contributed by atoms with E-state index in [-0.39, 0.29) is 10.8 Å². The van der Waals surface area contributed by atoms with E-state index in [1.807, 2.05) is 6.07 Å². The Kier molecular flexibility index (Phi) is 6.42. The summed E-state index contributed by atoms with van der Waals surface area (Å²) in [6.45, 7) is 2.75. The lowest BCUT2D eigenvalue weighted by molar-refractivity contribution is -0.165. The van der Waals surface area contributed by atoms with E-state index in [4.69, 9.17) is 9.57 Å². The first kappa shape index (κ1) is 21.1. The fraction of sp³-hybridized carbons (Fsp3) is 0.500. The minimum absolute atomic E-state index is 0.0777. The van der Waals surface area contributed by atoms with Crippen molar-refractivity contribution in [1.29, 1.82) is 0 Å². The van der Waals surface area contributed by atoms with Crippen molar-refractivity contribution in [1.82, 2.24) is 9.37 Å². The average Bonchev–Trinajstić information content (AvgIpc) is 2.56. The van der Waals surface area contributed by atoms with Crippen LogP contribution in [0.3, 0.4) is 0 Å². The van der Waals surface area contributed by atoms with Crippen molar-refractivity contribution in [2.75, 3.05) is 7.11 Å². The maximum atomic E-state index is 12.3. The monoisotopic (exact) mass is 402 g/mol. The standard InChI is InChI=1S/C16H22N2O8S/c1-10(19)13-14(18(15(13)20)27(22,23)24)11(2)26-16(21)17(25-3)9-12-7-5-4-6-8-12/h4-8,10-11,13-14,19H,9H2,1-3H3,(H,22,23,24)/t10-,11+,13-,14-/m1/s1. The molecule has 1 heterocycles. The Morgan fingerprint density at radius 3 is 2.37 bits per heavy atom. The summed E-state index contributed by atoms with van der Waals surface area (Å²) >= 11 is 0. The molecule has 10 nitrogen and oxygen atoms in total. The highest BCUT2D eigenvalue weighted by Gasteiger charge is 2.58. The second-order valence-electron chi connectivity index (χ2n) is 6.16. The molecule has 150 valence electrons. The van der Waals surface area contributed by atoms with Gasteiger partial charge in [0, 0.05) is 0 Å². The molecule has 1 aliphatic heterocycles. The first-order valence-electron chi connectivity index (χ1n) is 8.12. The lowest BCUT2D eigenvalue weighted by atomic mass is 9.83. The molecule has 0 spiro atoms. The molecule has 0 unspecified atom stereocenters. The quantitative estimate of drug-likeness (QED) is 0.384. The summed E-state index contributed by atoms with van der Waals surface area (Å²) in [6.07, 6.45) is -3.23. The van der Waals surface area contributed by atoms with E-state index in [2.05, 4.69) is 0 Å². The van der Waals surface area contributed by atoms with Crippen LogP contribution in [-0.2, 0) is 31.2 Å². The minimum Gasteiger partial charge on any atom is -0.443 e. The SMILES string of the molecule is CON(Cc1ccccc1)C(=O)O[C@@H](C)[C@@H]1[C@@H]([C@@H](C)O)C(=O)N1S(=O)(=O)O. The molecular weight excluding hydrogens is 380 g/mol. The molecule has 0 aromatic heterocycles. The van der Waals surface area contributed by atoms with Crippen LogP contribution in [0.5, 0.6) is 0 Å². The summed E-state index contributed by atoms with van der Waals surface area (Å²) in [5.41, 5.74) is 0.768. The maximum absolute atomic E-state index is 12.3. The van der Waals surface area contributed by atoms with Gasteiger partial charge in [0.15, 0.2) is 0 Å². The van der Waals surface area contributed by atoms with Crippen molar-refractivity contribution < 1.29 is 37.2 Å². The number of rotatable bonds is 7. The minimum atomic E-state index is -4.85. The number of carbonyl (C=O) groups is 2. The molecule has 1 aromatic carbocycles. The summed E-state index contributed by atoms with van der Waals surface area (Å²) in [6, 6.07) is 7.71. The third-order valence-corrected chi connectivity index (χ3v) is 5.19. The van der Waals surface area contributed by atoms with Gasteiger partial charge in [0.05, 0.1) is 25.7 Å². The van der Waals surface area contributed by atoms with Gasteiger partial charge in [-0.25, -0.2) is 9.10 Å². The summed E-state index contributed by atoms with van der Waals surface area (Å²) < 4.78 is 37.5. The van der Waals surface area contributed by atoms with Crippen molar-refractivity contribution >= 4 is 22.3 Å². The number of ether oxygens (including phenoxy) is 1. The van der Waals surface area contributed by atoms with E-state index in [0.29, 0.717) is 0 Å². The van der Waals surface area contributed by atoms with Crippen molar-refractivity contribution in [3.05, 3.63) is 35.9 Å². The van der Waals surface area contributed by atoms with Crippen LogP contribution in [0.4, 0.5) is 4.79 Å². The molecular formula is C16H22N2O8S. The van der Waals surface area contributed by atoms with Crippen molar-refractivity contribution in [2.24, 2.45) is 5.92 Å². The molecule has 2 rings (SSSR count). The predicted molar refractivity (Wildman–Crippen MR) is 92.3 cm³/mol. The molecule has 0 saturated carbocycles. The summed E-state index contributed by atoms with van der Waals surface area (Å²) in [4.78, 5) is 29.3. The maximum Gasteiger partial charge on any atom is 0.434 e. The number of hydrogen-bond donors (Lipinski definition) is 2. The van der Waals surface area contributed by atoms with Gasteiger partial charge in [-0.2, -0.15) is 13.5 Å². The Morgan fingerprint density at radius 1 is 1.30 bits per heavy atom. The molecule has 1 aromatic rings. The van der Waals surface area contributed by atoms with E-state index in [1.54, 1.807) is 24.3 Å². The van der Waals surface area contributed by atoms with Gasteiger partial charge in [-0.05, 0) is 19.4 Å². The van der Waals surface area contributed by atoms with E-state index in [9.17, 15) is 27.7 Å². The van der Waals surface area contributed by atoms with Gasteiger partial charge >= 0.3 is 16.4 Å². The molecule has 4 atom stereocenters. The van der Waals surface area contributed by atoms with Crippen LogP contribution in [0, 0.1) is 5.92 Å². The second-order valence-corrected chi connectivity index (χ2v) is 7.45. The Labute approximate surface area is 157 Å². The smallest absolute Gasteiger partial charge is 0.434 e. The van der Waals surface area contributed by atoms with Crippen LogP contribution in [0.1, 0.15) is 19.4 Å². The zero-order valence-corrected chi connectivity index (χ0v) is 15.9. The first-order valence-corrected chi connectivity index (χ1v) is 9.52. The first-order chi connectivity index (χ1) is 12.6. The number of amides is 2. The molecule has 0 aliphatic carbocycles. The Balaban J connectivity index is 2.11. The van der Waals surface area contributed by atoms with E-state index < -0.39 is 46.5 Å². The highest BCUT2D eigenvalue weighted by molar-refractivity contribution is 7.84. The fourth-order valence-electron chi connectivity index (χ4n) is 2.99. The van der Waals surface area contributed by atoms with Crippen LogP contribution >= 0.6 is 0 Å². The van der Waals surface area contributed by atoms with Gasteiger partial charge in [-0.15, -0.1) is 0 Å². The van der Waals surface area contributed by atoms with Gasteiger partial charge in [0.25, 0.3) is 0 Å². The van der Waals surface area contributed by atoms with E-state index in [0.717, 1.165) is 10.6 Å². The summed E-state index contributed by atoms with van der Waals surface area (Å²) in [7, 11) is -3.58. The molecule has 1 saturated heterocycles. The van der Waals surface area contributed by atoms with Crippen LogP contribution < -0.4 is 0 Å². The topological polar surface area (TPSA) is 134 Å². The Bertz CT molecular complexity index is 783. The summed E-state index contributed by atoms with van der Waals surface area (Å²) in [5, 5.41) is 10.6. The van der Waals surface area contributed by atoms with Crippen molar-refractivity contribution in [3.63, 3.8) is 0 Å². The third kappa shape index (κ3) is 4.56. The zero-order valence-electron chi connectivity index (χ0n) is 15.0. The fourth-order valence-corrected chi connectivity index (χ4v) is 3.95. The lowest BCUT2D eigenvalue weighted by Gasteiger charge is -2.47. The van der Waals surface area contributed by atoms with Crippen molar-refractivity contribution in [2.45, 2.75) is 38.6 Å². The third-order valence-electron chi connectivity index (χ3n) is 4.27. The van der Waals surface area contributed by atoms with Crippen LogP contribution in [-0.4, -0.2) is 64.8 Å². The number of hydrogen-bond acceptors (Lipinski definition) is 7. The number of β-lactam (4-membered cyclic amide) rings is 1. The van der Waals surface area contributed by atoms with Crippen LogP contribution in [0.2, 0.25) is 0 Å². The molecule has 1 aliphatic rings. The Morgan fingerprint density at radius 2 is 1.89 bits per heavy atom. The van der Waals surface area contributed by atoms with Gasteiger partial charge in [-0.3, -0.25) is 14.2 Å². The van der Waals surface area contributed by atoms with Crippen LogP contribution in [0.25, 0.3) is 0 Å². The van der Waals surface area contributed by atoms with Gasteiger partial charge < -0.3 is 9.84 Å². The Hall–Kier alpha value is -2.21. The van der Waals surface area contributed by atoms with E-state index >= 15 is 0 Å².